The number of aromatic nitrogens is 2. The summed E-state index contributed by atoms with van der Waals surface area (Å²) in [5, 5.41) is 6.80. The van der Waals surface area contributed by atoms with Crippen LogP contribution < -0.4 is 10.1 Å². The highest BCUT2D eigenvalue weighted by Gasteiger charge is 2.29. The van der Waals surface area contributed by atoms with Gasteiger partial charge in [0.15, 0.2) is 6.61 Å². The van der Waals surface area contributed by atoms with Crippen LogP contribution in [0.15, 0.2) is 28.8 Å². The molecule has 1 fully saturated rings. The molecule has 6 nitrogen and oxygen atoms in total. The Morgan fingerprint density at radius 1 is 1.29 bits per heavy atom. The molecule has 0 unspecified atom stereocenters. The van der Waals surface area contributed by atoms with Crippen molar-refractivity contribution in [1.29, 1.82) is 0 Å². The molecule has 0 saturated heterocycles. The second kappa shape index (κ2) is 6.63. The Balaban J connectivity index is 1.49. The van der Waals surface area contributed by atoms with Gasteiger partial charge in [0.05, 0.1) is 0 Å². The Morgan fingerprint density at radius 3 is 2.62 bits per heavy atom. The van der Waals surface area contributed by atoms with E-state index in [1.54, 1.807) is 0 Å². The van der Waals surface area contributed by atoms with Crippen molar-refractivity contribution >= 4 is 11.6 Å². The van der Waals surface area contributed by atoms with Crippen molar-refractivity contribution in [2.24, 2.45) is 5.41 Å². The lowest BCUT2D eigenvalue weighted by atomic mass is 9.92. The van der Waals surface area contributed by atoms with E-state index >= 15 is 0 Å². The predicted molar refractivity (Wildman–Crippen MR) is 89.7 cm³/mol. The lowest BCUT2D eigenvalue weighted by molar-refractivity contribution is -0.117. The fraction of sp³-hybridized carbons (Fsp3) is 0.500. The van der Waals surface area contributed by atoms with E-state index in [0.717, 1.165) is 18.5 Å². The van der Waals surface area contributed by atoms with E-state index in [1.165, 1.54) is 0 Å². The van der Waals surface area contributed by atoms with Crippen molar-refractivity contribution in [3.63, 3.8) is 0 Å². The number of amides is 1. The zero-order chi connectivity index (χ0) is 17.2. The molecular weight excluding hydrogens is 306 g/mol. The van der Waals surface area contributed by atoms with Crippen LogP contribution in [0.25, 0.3) is 0 Å². The summed E-state index contributed by atoms with van der Waals surface area (Å²) < 4.78 is 10.8. The predicted octanol–water partition coefficient (Wildman–Crippen LogP) is 3.90. The Bertz CT molecular complexity index is 697. The molecule has 1 N–H and O–H groups in total. The lowest BCUT2D eigenvalue weighted by Crippen LogP contribution is -2.19. The van der Waals surface area contributed by atoms with Gasteiger partial charge in [-0.3, -0.25) is 4.79 Å². The Hall–Kier alpha value is -2.37. The highest BCUT2D eigenvalue weighted by molar-refractivity contribution is 5.91. The summed E-state index contributed by atoms with van der Waals surface area (Å²) in [7, 11) is 0. The van der Waals surface area contributed by atoms with Crippen molar-refractivity contribution in [1.82, 2.24) is 10.1 Å². The van der Waals surface area contributed by atoms with Crippen LogP contribution in [-0.2, 0) is 11.4 Å². The highest BCUT2D eigenvalue weighted by atomic mass is 16.5. The number of carbonyl (C=O) groups is 1. The van der Waals surface area contributed by atoms with Crippen LogP contribution >= 0.6 is 0 Å². The minimum absolute atomic E-state index is 0.00979. The zero-order valence-corrected chi connectivity index (χ0v) is 14.3. The van der Waals surface area contributed by atoms with Crippen molar-refractivity contribution in [3.05, 3.63) is 36.0 Å². The summed E-state index contributed by atoms with van der Waals surface area (Å²) >= 11 is 0. The first-order chi connectivity index (χ1) is 11.4. The number of nitrogens with zero attached hydrogens (tertiary/aromatic N) is 2. The Kier molecular flexibility index (Phi) is 4.55. The van der Waals surface area contributed by atoms with Crippen LogP contribution in [0.2, 0.25) is 0 Å². The maximum absolute atomic E-state index is 11.9. The van der Waals surface area contributed by atoms with Gasteiger partial charge in [0.25, 0.3) is 0 Å². The van der Waals surface area contributed by atoms with Crippen LogP contribution in [0.3, 0.4) is 0 Å². The van der Waals surface area contributed by atoms with Gasteiger partial charge in [-0.15, -0.1) is 0 Å². The second-order valence-corrected chi connectivity index (χ2v) is 7.42. The van der Waals surface area contributed by atoms with Gasteiger partial charge in [0.2, 0.25) is 17.6 Å². The number of carbonyl (C=O) groups excluding carboxylic acids is 1. The third-order valence-electron chi connectivity index (χ3n) is 3.61. The minimum atomic E-state index is -0.0307. The number of benzene rings is 1. The van der Waals surface area contributed by atoms with E-state index in [9.17, 15) is 4.79 Å². The van der Waals surface area contributed by atoms with Gasteiger partial charge in [0.1, 0.15) is 5.75 Å². The average Bonchev–Trinajstić information content (AvgIpc) is 3.24. The minimum Gasteiger partial charge on any atom is -0.485 e. The first-order valence-corrected chi connectivity index (χ1v) is 8.24. The van der Waals surface area contributed by atoms with E-state index in [4.69, 9.17) is 9.26 Å². The molecule has 1 aliphatic rings. The molecule has 1 saturated carbocycles. The molecule has 0 bridgehead atoms. The third-order valence-corrected chi connectivity index (χ3v) is 3.61. The number of hydrogen-bond acceptors (Lipinski definition) is 5. The highest BCUT2D eigenvalue weighted by Crippen LogP contribution is 2.38. The molecule has 0 radical (unpaired) electrons. The average molecular weight is 329 g/mol. The molecule has 0 aliphatic heterocycles. The van der Waals surface area contributed by atoms with E-state index in [0.29, 0.717) is 29.8 Å². The molecule has 0 atom stereocenters. The van der Waals surface area contributed by atoms with Crippen molar-refractivity contribution in [3.8, 4) is 5.75 Å². The monoisotopic (exact) mass is 329 g/mol. The number of rotatable bonds is 6. The van der Waals surface area contributed by atoms with Crippen molar-refractivity contribution in [2.45, 2.75) is 52.6 Å². The summed E-state index contributed by atoms with van der Waals surface area (Å²) in [6, 6.07) is 7.27. The molecule has 2 aromatic rings. The molecule has 0 spiro atoms. The quantitative estimate of drug-likeness (QED) is 0.869. The molecule has 1 aliphatic carbocycles. The lowest BCUT2D eigenvalue weighted by Gasteiger charge is -2.17. The largest absolute Gasteiger partial charge is 0.485 e. The first kappa shape index (κ1) is 16.5. The smallest absolute Gasteiger partial charge is 0.229 e. The van der Waals surface area contributed by atoms with Gasteiger partial charge in [-0.05, 0) is 42.5 Å². The summed E-state index contributed by atoms with van der Waals surface area (Å²) in [5.41, 5.74) is 0.726. The molecule has 3 rings (SSSR count). The molecule has 1 aromatic heterocycles. The molecule has 1 heterocycles. The number of nitrogens with one attached hydrogen (secondary N) is 1. The van der Waals surface area contributed by atoms with Gasteiger partial charge in [-0.1, -0.05) is 25.9 Å². The van der Waals surface area contributed by atoms with Gasteiger partial charge in [-0.2, -0.15) is 4.98 Å². The van der Waals surface area contributed by atoms with Crippen molar-refractivity contribution in [2.75, 3.05) is 5.32 Å². The molecule has 1 amide bonds. The van der Waals surface area contributed by atoms with Gasteiger partial charge >= 0.3 is 0 Å². The van der Waals surface area contributed by atoms with Gasteiger partial charge < -0.3 is 14.6 Å². The third kappa shape index (κ3) is 4.81. The maximum Gasteiger partial charge on any atom is 0.229 e. The fourth-order valence-corrected chi connectivity index (χ4v) is 2.29. The standard InChI is InChI=1S/C18H23N3O3/c1-18(2,3)10-16(22)19-13-6-8-14(9-7-13)23-11-15-20-17(24-21-15)12-4-5-12/h6-9,12H,4-5,10-11H2,1-3H3,(H,19,22). The number of ether oxygens (including phenoxy) is 1. The maximum atomic E-state index is 11.9. The Labute approximate surface area is 141 Å². The van der Waals surface area contributed by atoms with E-state index < -0.39 is 0 Å². The second-order valence-electron chi connectivity index (χ2n) is 7.42. The van der Waals surface area contributed by atoms with E-state index in [2.05, 4.69) is 15.5 Å². The summed E-state index contributed by atoms with van der Waals surface area (Å²) in [5.74, 6) is 2.42. The van der Waals surface area contributed by atoms with E-state index in [1.807, 2.05) is 45.0 Å². The number of hydrogen-bond donors (Lipinski definition) is 1. The normalized spacial score (nSPS) is 14.5. The topological polar surface area (TPSA) is 77.2 Å². The van der Waals surface area contributed by atoms with Crippen LogP contribution in [0.5, 0.6) is 5.75 Å². The molecule has 128 valence electrons. The van der Waals surface area contributed by atoms with Crippen LogP contribution in [0.1, 0.15) is 57.7 Å². The Morgan fingerprint density at radius 2 is 2.00 bits per heavy atom. The van der Waals surface area contributed by atoms with E-state index in [-0.39, 0.29) is 17.9 Å². The molecule has 6 heteroatoms. The van der Waals surface area contributed by atoms with Crippen LogP contribution in [0.4, 0.5) is 5.69 Å². The summed E-state index contributed by atoms with van der Waals surface area (Å²) in [6.07, 6.45) is 2.74. The van der Waals surface area contributed by atoms with Crippen LogP contribution in [-0.4, -0.2) is 16.0 Å². The van der Waals surface area contributed by atoms with Gasteiger partial charge in [0, 0.05) is 18.0 Å². The first-order valence-electron chi connectivity index (χ1n) is 8.24. The zero-order valence-electron chi connectivity index (χ0n) is 14.3. The summed E-state index contributed by atoms with van der Waals surface area (Å²) in [6.45, 7) is 6.38. The van der Waals surface area contributed by atoms with Crippen LogP contribution in [0, 0.1) is 5.41 Å². The van der Waals surface area contributed by atoms with Gasteiger partial charge in [-0.25, -0.2) is 0 Å². The fourth-order valence-electron chi connectivity index (χ4n) is 2.29. The molecular formula is C18H23N3O3. The number of anilines is 1. The molecule has 1 aromatic carbocycles. The SMILES string of the molecule is CC(C)(C)CC(=O)Nc1ccc(OCc2noc(C3CC3)n2)cc1. The summed E-state index contributed by atoms with van der Waals surface area (Å²) in [4.78, 5) is 16.2. The van der Waals surface area contributed by atoms with Crippen molar-refractivity contribution < 1.29 is 14.1 Å². The molecule has 24 heavy (non-hydrogen) atoms.